The Labute approximate surface area is 93.8 Å². The second kappa shape index (κ2) is 27.9. The van der Waals surface area contributed by atoms with Gasteiger partial charge in [0.05, 0.1) is 0 Å². The molecule has 5 heteroatoms. The summed E-state index contributed by atoms with van der Waals surface area (Å²) in [4.78, 5) is 0. The van der Waals surface area contributed by atoms with Crippen molar-refractivity contribution in [3.8, 4) is 0 Å². The van der Waals surface area contributed by atoms with Crippen molar-refractivity contribution in [2.24, 2.45) is 0 Å². The first-order valence-electron chi connectivity index (χ1n) is 0. The second-order valence-electron chi connectivity index (χ2n) is 0. The maximum absolute atomic E-state index is 0. The molecule has 0 atom stereocenters. The van der Waals surface area contributed by atoms with Gasteiger partial charge in [0, 0.05) is 77.7 Å². The van der Waals surface area contributed by atoms with Crippen molar-refractivity contribution in [1.29, 1.82) is 0 Å². The van der Waals surface area contributed by atoms with Gasteiger partial charge < -0.3 is 0 Å². The molecule has 0 saturated carbocycles. The van der Waals surface area contributed by atoms with Crippen LogP contribution in [0, 0.1) is 0 Å². The molecule has 0 bridgehead atoms. The van der Waals surface area contributed by atoms with Gasteiger partial charge in [-0.1, -0.05) is 0 Å². The largest absolute Gasteiger partial charge is 0 e. The molecule has 0 unspecified atom stereocenters. The van der Waals surface area contributed by atoms with Crippen molar-refractivity contribution in [2.75, 3.05) is 0 Å². The van der Waals surface area contributed by atoms with Crippen LogP contribution in [0.25, 0.3) is 0 Å². The summed E-state index contributed by atoms with van der Waals surface area (Å²) < 4.78 is 0. The van der Waals surface area contributed by atoms with Crippen LogP contribution in [0.15, 0.2) is 0 Å². The fourth-order valence-electron chi connectivity index (χ4n) is 0. The van der Waals surface area contributed by atoms with E-state index in [0.717, 1.165) is 0 Å². The molecule has 0 nitrogen and oxygen atoms in total. The normalized spacial score (nSPS) is 0. The molecule has 0 aliphatic rings. The van der Waals surface area contributed by atoms with Crippen molar-refractivity contribution in [2.45, 2.75) is 0 Å². The van der Waals surface area contributed by atoms with Crippen LogP contribution in [0.3, 0.4) is 0 Å². The number of hydrogen-bond donors (Lipinski definition) is 0. The molecule has 0 N–H and O–H groups in total. The fourth-order valence-corrected chi connectivity index (χ4v) is 0. The first-order chi connectivity index (χ1) is 0. The topological polar surface area (TPSA) is 0 Å². The first-order valence-corrected chi connectivity index (χ1v) is 0. The third-order valence-corrected chi connectivity index (χ3v) is 0. The molecule has 50 valence electrons. The van der Waals surface area contributed by atoms with Crippen LogP contribution < -0.4 is 0 Å². The zero-order valence-electron chi connectivity index (χ0n) is 1.24. The fraction of sp³-hybridized carbons (Fsp3) is 0. The molecule has 0 fully saturated rings. The van der Waals surface area contributed by atoms with Crippen LogP contribution in [-0.4, -0.2) is 17.6 Å². The average molecular weight is 588 g/mol. The molecule has 0 aromatic rings. The van der Waals surface area contributed by atoms with Crippen LogP contribution in [-0.2, 0) is 77.7 Å². The Morgan fingerprint density at radius 1 is 0.600 bits per heavy atom. The van der Waals surface area contributed by atoms with Crippen molar-refractivity contribution in [3.05, 3.63) is 0 Å². The van der Waals surface area contributed by atoms with E-state index in [0.29, 0.717) is 0 Å². The van der Waals surface area contributed by atoms with Crippen LogP contribution in [0.5, 0.6) is 0 Å². The molecule has 5 heavy (non-hydrogen) atoms. The van der Waals surface area contributed by atoms with Crippen molar-refractivity contribution < 1.29 is 77.7 Å². The van der Waals surface area contributed by atoms with Gasteiger partial charge in [-0.05, 0) is 0 Å². The Morgan fingerprint density at radius 2 is 0.600 bits per heavy atom. The van der Waals surface area contributed by atoms with Gasteiger partial charge in [-0.3, -0.25) is 0 Å². The Balaban J connectivity index is 0. The van der Waals surface area contributed by atoms with Crippen molar-refractivity contribution in [1.82, 2.24) is 0 Å². The van der Waals surface area contributed by atoms with Gasteiger partial charge in [0.2, 0.25) is 0 Å². The molecule has 0 spiro atoms. The molecular formula is H4Au2GeNi2. The maximum Gasteiger partial charge on any atom is 0 e. The summed E-state index contributed by atoms with van der Waals surface area (Å²) in [6, 6.07) is 0. The van der Waals surface area contributed by atoms with E-state index >= 15 is 0 Å². The summed E-state index contributed by atoms with van der Waals surface area (Å²) in [5.41, 5.74) is 0. The average Bonchev–Trinajstić information content (AvgIpc) is 0. The van der Waals surface area contributed by atoms with E-state index in [1.54, 1.807) is 0 Å². The molecule has 0 aromatic heterocycles. The summed E-state index contributed by atoms with van der Waals surface area (Å²) in [5, 5.41) is 0. The number of hydrogen-bond acceptors (Lipinski definition) is 0. The predicted octanol–water partition coefficient (Wildman–Crippen LogP) is -1.46. The number of rotatable bonds is 0. The van der Waals surface area contributed by atoms with E-state index in [-0.39, 0.29) is 95.3 Å². The van der Waals surface area contributed by atoms with E-state index in [4.69, 9.17) is 0 Å². The Hall–Kier alpha value is 3.01. The van der Waals surface area contributed by atoms with Gasteiger partial charge >= 0.3 is 17.6 Å². The van der Waals surface area contributed by atoms with Crippen LogP contribution in [0.1, 0.15) is 0 Å². The van der Waals surface area contributed by atoms with Crippen molar-refractivity contribution in [3.63, 3.8) is 0 Å². The molecule has 0 amide bonds. The van der Waals surface area contributed by atoms with E-state index < -0.39 is 0 Å². The summed E-state index contributed by atoms with van der Waals surface area (Å²) in [6.45, 7) is 0. The van der Waals surface area contributed by atoms with E-state index in [2.05, 4.69) is 0 Å². The molecule has 0 heterocycles. The first kappa shape index (κ1) is 43.4. The Bertz CT molecular complexity index is 7.61. The summed E-state index contributed by atoms with van der Waals surface area (Å²) in [7, 11) is 0. The minimum Gasteiger partial charge on any atom is 0 e. The standard InChI is InChI=1S/2Au.GeH4.2Ni/h;;1H4;;. The van der Waals surface area contributed by atoms with Crippen molar-refractivity contribution >= 4 is 17.6 Å². The van der Waals surface area contributed by atoms with Gasteiger partial charge in [-0.25, -0.2) is 0 Å². The molecule has 0 aliphatic carbocycles. The molecule has 0 aromatic carbocycles. The van der Waals surface area contributed by atoms with Gasteiger partial charge in [0.15, 0.2) is 0 Å². The molecule has 0 rings (SSSR count). The van der Waals surface area contributed by atoms with Gasteiger partial charge in [0.25, 0.3) is 0 Å². The Morgan fingerprint density at radius 3 is 0.600 bits per heavy atom. The minimum absolute atomic E-state index is 0. The monoisotopic (exact) mass is 588 g/mol. The molecule has 0 aliphatic heterocycles. The summed E-state index contributed by atoms with van der Waals surface area (Å²) in [5.74, 6) is 0. The minimum atomic E-state index is 0. The maximum atomic E-state index is 0. The van der Waals surface area contributed by atoms with Crippen LogP contribution in [0.2, 0.25) is 0 Å². The quantitative estimate of drug-likeness (QED) is 0.304. The SMILES string of the molecule is [Au].[Au].[GeH4].[Ni].[Ni]. The predicted molar refractivity (Wildman–Crippen MR) is 11.3 cm³/mol. The summed E-state index contributed by atoms with van der Waals surface area (Å²) >= 11 is 0. The molecular weight excluding hydrogens is 584 g/mol. The van der Waals surface area contributed by atoms with Gasteiger partial charge in [-0.2, -0.15) is 0 Å². The zero-order valence-corrected chi connectivity index (χ0v) is 7.54. The van der Waals surface area contributed by atoms with Gasteiger partial charge in [-0.15, -0.1) is 0 Å². The van der Waals surface area contributed by atoms with E-state index in [1.165, 1.54) is 0 Å². The van der Waals surface area contributed by atoms with Crippen LogP contribution in [0.4, 0.5) is 0 Å². The van der Waals surface area contributed by atoms with E-state index in [1.807, 2.05) is 0 Å². The smallest absolute Gasteiger partial charge is 0 e. The third-order valence-electron chi connectivity index (χ3n) is 0. The molecule has 2 radical (unpaired) electrons. The zero-order chi connectivity index (χ0) is 0. The van der Waals surface area contributed by atoms with Crippen LogP contribution >= 0.6 is 0 Å². The third kappa shape index (κ3) is 19.4. The van der Waals surface area contributed by atoms with E-state index in [9.17, 15) is 0 Å². The second-order valence-corrected chi connectivity index (χ2v) is 0. The summed E-state index contributed by atoms with van der Waals surface area (Å²) in [6.07, 6.45) is 0. The molecule has 0 saturated heterocycles. The Kier molecular flexibility index (Phi) is 243. The van der Waals surface area contributed by atoms with Gasteiger partial charge in [0.1, 0.15) is 0 Å².